The van der Waals surface area contributed by atoms with Crippen molar-refractivity contribution >= 4 is 38.4 Å². The Morgan fingerprint density at radius 2 is 1.73 bits per heavy atom. The number of sulfone groups is 1. The molecule has 0 unspecified atom stereocenters. The summed E-state index contributed by atoms with van der Waals surface area (Å²) in [7, 11) is -3.02. The predicted molar refractivity (Wildman–Crippen MR) is 101 cm³/mol. The van der Waals surface area contributed by atoms with Crippen molar-refractivity contribution < 1.29 is 13.2 Å². The fraction of sp³-hybridized carbons (Fsp3) is 0.222. The van der Waals surface area contributed by atoms with Gasteiger partial charge in [-0.25, -0.2) is 13.4 Å². The Morgan fingerprint density at radius 3 is 2.42 bits per heavy atom. The summed E-state index contributed by atoms with van der Waals surface area (Å²) in [5, 5.41) is 0.647. The molecule has 0 bridgehead atoms. The van der Waals surface area contributed by atoms with Crippen LogP contribution >= 0.6 is 11.6 Å². The van der Waals surface area contributed by atoms with Crippen molar-refractivity contribution in [1.82, 2.24) is 14.5 Å². The lowest BCUT2D eigenvalue weighted by molar-refractivity contribution is 0.0770. The van der Waals surface area contributed by atoms with Crippen molar-refractivity contribution in [3.8, 4) is 5.69 Å². The summed E-state index contributed by atoms with van der Waals surface area (Å²) in [6.45, 7) is 0.464. The van der Waals surface area contributed by atoms with Crippen molar-refractivity contribution in [3.05, 3.63) is 59.4 Å². The first-order chi connectivity index (χ1) is 12.4. The number of amides is 1. The zero-order valence-corrected chi connectivity index (χ0v) is 15.4. The summed E-state index contributed by atoms with van der Waals surface area (Å²) in [4.78, 5) is 18.7. The van der Waals surface area contributed by atoms with Crippen LogP contribution in [0.4, 0.5) is 0 Å². The lowest BCUT2D eigenvalue weighted by Crippen LogP contribution is -2.43. The molecule has 1 saturated heterocycles. The molecule has 0 atom stereocenters. The van der Waals surface area contributed by atoms with Gasteiger partial charge >= 0.3 is 0 Å². The highest BCUT2D eigenvalue weighted by molar-refractivity contribution is 7.91. The van der Waals surface area contributed by atoms with Gasteiger partial charge in [0.05, 0.1) is 22.5 Å². The number of carbonyl (C=O) groups excluding carboxylic acids is 1. The van der Waals surface area contributed by atoms with Crippen LogP contribution in [0.3, 0.4) is 0 Å². The van der Waals surface area contributed by atoms with E-state index in [-0.39, 0.29) is 30.5 Å². The Labute approximate surface area is 155 Å². The fourth-order valence-corrected chi connectivity index (χ4v) is 4.37. The summed E-state index contributed by atoms with van der Waals surface area (Å²) < 4.78 is 25.0. The molecule has 6 nitrogen and oxygen atoms in total. The Kier molecular flexibility index (Phi) is 4.20. The normalized spacial score (nSPS) is 16.7. The van der Waals surface area contributed by atoms with E-state index in [9.17, 15) is 13.2 Å². The molecule has 2 aromatic carbocycles. The molecule has 1 amide bonds. The summed E-state index contributed by atoms with van der Waals surface area (Å²) >= 11 is 5.95. The number of carbonyl (C=O) groups is 1. The van der Waals surface area contributed by atoms with E-state index in [1.165, 1.54) is 0 Å². The van der Waals surface area contributed by atoms with Gasteiger partial charge in [-0.1, -0.05) is 11.6 Å². The summed E-state index contributed by atoms with van der Waals surface area (Å²) in [6, 6.07) is 12.7. The molecule has 134 valence electrons. The molecule has 1 aliphatic rings. The van der Waals surface area contributed by atoms with Crippen LogP contribution in [0.15, 0.2) is 48.8 Å². The third-order valence-corrected chi connectivity index (χ3v) is 6.39. The first-order valence-electron chi connectivity index (χ1n) is 8.16. The third kappa shape index (κ3) is 3.20. The van der Waals surface area contributed by atoms with Gasteiger partial charge in [-0.2, -0.15) is 0 Å². The van der Waals surface area contributed by atoms with E-state index < -0.39 is 9.84 Å². The maximum atomic E-state index is 12.8. The lowest BCUT2D eigenvalue weighted by Gasteiger charge is -2.26. The Balaban J connectivity index is 1.68. The Hall–Kier alpha value is -2.38. The van der Waals surface area contributed by atoms with Crippen LogP contribution in [0.1, 0.15) is 10.4 Å². The average Bonchev–Trinajstić information content (AvgIpc) is 3.05. The van der Waals surface area contributed by atoms with Crippen LogP contribution in [-0.2, 0) is 9.84 Å². The van der Waals surface area contributed by atoms with Crippen LogP contribution < -0.4 is 0 Å². The van der Waals surface area contributed by atoms with Gasteiger partial charge in [-0.15, -0.1) is 0 Å². The van der Waals surface area contributed by atoms with E-state index in [1.807, 2.05) is 16.7 Å². The fourth-order valence-electron chi connectivity index (χ4n) is 3.05. The molecule has 3 aromatic rings. The molecular formula is C18H16ClN3O3S. The van der Waals surface area contributed by atoms with E-state index >= 15 is 0 Å². The number of hydrogen-bond acceptors (Lipinski definition) is 4. The van der Waals surface area contributed by atoms with Gasteiger partial charge in [0, 0.05) is 29.4 Å². The molecule has 1 aliphatic heterocycles. The maximum Gasteiger partial charge on any atom is 0.253 e. The lowest BCUT2D eigenvalue weighted by atomic mass is 10.1. The van der Waals surface area contributed by atoms with Crippen molar-refractivity contribution in [2.45, 2.75) is 0 Å². The van der Waals surface area contributed by atoms with Crippen molar-refractivity contribution in [1.29, 1.82) is 0 Å². The van der Waals surface area contributed by atoms with E-state index in [2.05, 4.69) is 4.98 Å². The molecule has 8 heteroatoms. The second kappa shape index (κ2) is 6.41. The molecule has 0 spiro atoms. The number of imidazole rings is 1. The van der Waals surface area contributed by atoms with E-state index in [0.717, 1.165) is 16.7 Å². The minimum atomic E-state index is -3.02. The van der Waals surface area contributed by atoms with Gasteiger partial charge < -0.3 is 4.90 Å². The summed E-state index contributed by atoms with van der Waals surface area (Å²) in [5.74, 6) is -0.126. The second-order valence-electron chi connectivity index (χ2n) is 6.24. The first-order valence-corrected chi connectivity index (χ1v) is 10.4. The van der Waals surface area contributed by atoms with Gasteiger partial charge in [0.1, 0.15) is 6.33 Å². The van der Waals surface area contributed by atoms with Crippen LogP contribution in [0.2, 0.25) is 5.02 Å². The quantitative estimate of drug-likeness (QED) is 0.675. The summed E-state index contributed by atoms with van der Waals surface area (Å²) in [5.41, 5.74) is 3.00. The first kappa shape index (κ1) is 17.1. The van der Waals surface area contributed by atoms with Crippen molar-refractivity contribution in [2.75, 3.05) is 24.6 Å². The second-order valence-corrected chi connectivity index (χ2v) is 8.98. The number of halogens is 1. The summed E-state index contributed by atoms with van der Waals surface area (Å²) in [6.07, 6.45) is 1.70. The Bertz CT molecular complexity index is 1080. The molecule has 0 N–H and O–H groups in total. The third-order valence-electron chi connectivity index (χ3n) is 4.53. The minimum absolute atomic E-state index is 0.0176. The monoisotopic (exact) mass is 389 g/mol. The number of nitrogens with zero attached hydrogens (tertiary/aromatic N) is 3. The number of rotatable bonds is 2. The molecule has 1 fully saturated rings. The van der Waals surface area contributed by atoms with E-state index in [0.29, 0.717) is 10.6 Å². The molecule has 1 aromatic heterocycles. The number of benzene rings is 2. The van der Waals surface area contributed by atoms with Crippen LogP contribution in [-0.4, -0.2) is 53.4 Å². The minimum Gasteiger partial charge on any atom is -0.337 e. The zero-order valence-electron chi connectivity index (χ0n) is 13.8. The standard InChI is InChI=1S/C18H16ClN3O3S/c19-14-2-4-15(5-3-14)22-12-20-16-6-1-13(11-17(16)22)18(23)21-7-9-26(24,25)10-8-21/h1-6,11-12H,7-10H2. The predicted octanol–water partition coefficient (Wildman–Crippen LogP) is 2.55. The van der Waals surface area contributed by atoms with Gasteiger partial charge in [0.25, 0.3) is 5.91 Å². The smallest absolute Gasteiger partial charge is 0.253 e. The van der Waals surface area contributed by atoms with E-state index in [4.69, 9.17) is 11.6 Å². The molecule has 0 saturated carbocycles. The van der Waals surface area contributed by atoms with Gasteiger partial charge in [0.2, 0.25) is 0 Å². The van der Waals surface area contributed by atoms with E-state index in [1.54, 1.807) is 41.6 Å². The highest BCUT2D eigenvalue weighted by atomic mass is 35.5. The van der Waals surface area contributed by atoms with Crippen molar-refractivity contribution in [2.24, 2.45) is 0 Å². The average molecular weight is 390 g/mol. The zero-order chi connectivity index (χ0) is 18.3. The molecular weight excluding hydrogens is 374 g/mol. The van der Waals surface area contributed by atoms with Crippen LogP contribution in [0.25, 0.3) is 16.7 Å². The maximum absolute atomic E-state index is 12.8. The highest BCUT2D eigenvalue weighted by Crippen LogP contribution is 2.22. The van der Waals surface area contributed by atoms with Crippen LogP contribution in [0, 0.1) is 0 Å². The molecule has 0 aliphatic carbocycles. The number of fused-ring (bicyclic) bond motifs is 1. The molecule has 2 heterocycles. The molecule has 26 heavy (non-hydrogen) atoms. The highest BCUT2D eigenvalue weighted by Gasteiger charge is 2.26. The molecule has 0 radical (unpaired) electrons. The molecule has 4 rings (SSSR count). The van der Waals surface area contributed by atoms with Crippen molar-refractivity contribution in [3.63, 3.8) is 0 Å². The van der Waals surface area contributed by atoms with Gasteiger partial charge in [-0.3, -0.25) is 9.36 Å². The number of hydrogen-bond donors (Lipinski definition) is 0. The Morgan fingerprint density at radius 1 is 1.04 bits per heavy atom. The van der Waals surface area contributed by atoms with Gasteiger partial charge in [-0.05, 0) is 42.5 Å². The largest absolute Gasteiger partial charge is 0.337 e. The number of aromatic nitrogens is 2. The van der Waals surface area contributed by atoms with Crippen LogP contribution in [0.5, 0.6) is 0 Å². The van der Waals surface area contributed by atoms with Gasteiger partial charge in [0.15, 0.2) is 9.84 Å². The topological polar surface area (TPSA) is 72.3 Å². The SMILES string of the molecule is O=C(c1ccc2ncn(-c3ccc(Cl)cc3)c2c1)N1CCS(=O)(=O)CC1.